The molecule has 0 aromatic rings. The quantitative estimate of drug-likeness (QED) is 0.580. The van der Waals surface area contributed by atoms with Crippen LogP contribution in [0.4, 0.5) is 0 Å². The van der Waals surface area contributed by atoms with Gasteiger partial charge in [-0.15, -0.1) is 0 Å². The summed E-state index contributed by atoms with van der Waals surface area (Å²) in [6.07, 6.45) is 7.46. The Kier molecular flexibility index (Phi) is 3.64. The van der Waals surface area contributed by atoms with E-state index in [2.05, 4.69) is 6.08 Å². The van der Waals surface area contributed by atoms with Gasteiger partial charge in [-0.3, -0.25) is 4.79 Å². The lowest BCUT2D eigenvalue weighted by atomic mass is 9.74. The molecule has 2 aliphatic rings. The van der Waals surface area contributed by atoms with Crippen molar-refractivity contribution in [3.8, 4) is 0 Å². The number of hydrogen-bond acceptors (Lipinski definition) is 2. The Morgan fingerprint density at radius 3 is 2.94 bits per heavy atom. The minimum absolute atomic E-state index is 0.147. The fraction of sp³-hybridized carbons (Fsp3) is 0.769. The molecule has 0 radical (unpaired) electrons. The van der Waals surface area contributed by atoms with E-state index < -0.39 is 0 Å². The highest BCUT2D eigenvalue weighted by Crippen LogP contribution is 2.40. The second-order valence-corrected chi connectivity index (χ2v) is 4.99. The van der Waals surface area contributed by atoms with Crippen LogP contribution in [0.5, 0.6) is 0 Å². The number of likely N-dealkylation sites (tertiary alicyclic amines) is 1. The molecule has 1 amide bonds. The fourth-order valence-electron chi connectivity index (χ4n) is 2.77. The van der Waals surface area contributed by atoms with Gasteiger partial charge in [0.2, 0.25) is 5.91 Å². The lowest BCUT2D eigenvalue weighted by molar-refractivity contribution is -0.130. The van der Waals surface area contributed by atoms with Gasteiger partial charge in [0, 0.05) is 25.4 Å². The van der Waals surface area contributed by atoms with Crippen molar-refractivity contribution in [2.75, 3.05) is 13.1 Å². The molecule has 1 aliphatic carbocycles. The topological polar surface area (TPSA) is 40.5 Å². The summed E-state index contributed by atoms with van der Waals surface area (Å²) in [6, 6.07) is 0. The summed E-state index contributed by atoms with van der Waals surface area (Å²) >= 11 is 0. The lowest BCUT2D eigenvalue weighted by Gasteiger charge is -2.34. The highest BCUT2D eigenvalue weighted by Gasteiger charge is 2.47. The summed E-state index contributed by atoms with van der Waals surface area (Å²) in [6.45, 7) is 3.67. The molecular weight excluding hydrogens is 202 g/mol. The predicted octanol–water partition coefficient (Wildman–Crippen LogP) is 1.57. The molecule has 1 heterocycles. The minimum atomic E-state index is -0.147. The molecule has 2 rings (SSSR count). The van der Waals surface area contributed by atoms with Crippen molar-refractivity contribution >= 4 is 5.91 Å². The van der Waals surface area contributed by atoms with Crippen LogP contribution in [0.3, 0.4) is 0 Å². The Morgan fingerprint density at radius 2 is 2.31 bits per heavy atom. The zero-order valence-corrected chi connectivity index (χ0v) is 9.93. The van der Waals surface area contributed by atoms with Crippen LogP contribution < -0.4 is 0 Å². The smallest absolute Gasteiger partial charge is 0.222 e. The summed E-state index contributed by atoms with van der Waals surface area (Å²) in [5, 5.41) is 9.52. The number of nitrogens with zero attached hydrogens (tertiary/aromatic N) is 1. The summed E-state index contributed by atoms with van der Waals surface area (Å²) in [4.78, 5) is 13.8. The molecular formula is C13H21NO2. The van der Waals surface area contributed by atoms with Gasteiger partial charge in [-0.1, -0.05) is 12.2 Å². The first-order valence-corrected chi connectivity index (χ1v) is 6.29. The van der Waals surface area contributed by atoms with Crippen molar-refractivity contribution in [3.63, 3.8) is 0 Å². The van der Waals surface area contributed by atoms with Gasteiger partial charge in [0.25, 0.3) is 0 Å². The van der Waals surface area contributed by atoms with E-state index in [4.69, 9.17) is 0 Å². The Labute approximate surface area is 97.1 Å². The molecule has 1 aliphatic heterocycles. The van der Waals surface area contributed by atoms with Crippen molar-refractivity contribution in [2.45, 2.75) is 38.7 Å². The summed E-state index contributed by atoms with van der Waals surface area (Å²) in [7, 11) is 0. The number of unbranched alkanes of at least 4 members (excludes halogenated alkanes) is 1. The van der Waals surface area contributed by atoms with Crippen molar-refractivity contribution in [2.24, 2.45) is 11.8 Å². The summed E-state index contributed by atoms with van der Waals surface area (Å²) in [5.41, 5.74) is 0. The Balaban J connectivity index is 1.70. The van der Waals surface area contributed by atoms with E-state index >= 15 is 0 Å². The number of fused-ring (bicyclic) bond motifs is 1. The SMILES string of the molecule is CC=CCCCC(=O)N1C[C@H]2C[C@H](O)[C@H]2C1. The van der Waals surface area contributed by atoms with Crippen LogP contribution in [0, 0.1) is 11.8 Å². The number of aliphatic hydroxyl groups excluding tert-OH is 1. The number of allylic oxidation sites excluding steroid dienone is 2. The monoisotopic (exact) mass is 223 g/mol. The van der Waals surface area contributed by atoms with Crippen LogP contribution in [0.1, 0.15) is 32.6 Å². The van der Waals surface area contributed by atoms with Gasteiger partial charge >= 0.3 is 0 Å². The van der Waals surface area contributed by atoms with Crippen LogP contribution in [0.2, 0.25) is 0 Å². The molecule has 2 fully saturated rings. The third-order valence-electron chi connectivity index (χ3n) is 3.88. The van der Waals surface area contributed by atoms with Crippen molar-refractivity contribution in [1.82, 2.24) is 4.90 Å². The molecule has 1 saturated heterocycles. The molecule has 1 saturated carbocycles. The maximum absolute atomic E-state index is 11.9. The highest BCUT2D eigenvalue weighted by atomic mass is 16.3. The zero-order chi connectivity index (χ0) is 11.5. The van der Waals surface area contributed by atoms with Crippen LogP contribution in [0.25, 0.3) is 0 Å². The molecule has 16 heavy (non-hydrogen) atoms. The number of amides is 1. The van der Waals surface area contributed by atoms with E-state index in [9.17, 15) is 9.90 Å². The van der Waals surface area contributed by atoms with Crippen molar-refractivity contribution in [3.05, 3.63) is 12.2 Å². The lowest BCUT2D eigenvalue weighted by Crippen LogP contribution is -2.39. The molecule has 0 spiro atoms. The van der Waals surface area contributed by atoms with Crippen LogP contribution in [0.15, 0.2) is 12.2 Å². The maximum atomic E-state index is 11.9. The second-order valence-electron chi connectivity index (χ2n) is 4.99. The Bertz CT molecular complexity index is 288. The molecule has 3 atom stereocenters. The molecule has 3 heteroatoms. The molecule has 0 aromatic heterocycles. The van der Waals surface area contributed by atoms with E-state index in [0.717, 1.165) is 32.4 Å². The number of aliphatic hydroxyl groups is 1. The largest absolute Gasteiger partial charge is 0.393 e. The molecule has 0 bridgehead atoms. The van der Waals surface area contributed by atoms with E-state index in [0.29, 0.717) is 18.3 Å². The first-order valence-electron chi connectivity index (χ1n) is 6.29. The standard InChI is InChI=1S/C13H21NO2/c1-2-3-4-5-6-13(16)14-8-10-7-12(15)11(10)9-14/h2-3,10-12,15H,4-9H2,1H3/t10-,11+,12+/m1/s1. The normalized spacial score (nSPS) is 32.9. The summed E-state index contributed by atoms with van der Waals surface area (Å²) in [5.74, 6) is 1.22. The molecule has 90 valence electrons. The minimum Gasteiger partial charge on any atom is -0.393 e. The first-order chi connectivity index (χ1) is 7.72. The first kappa shape index (κ1) is 11.6. The van der Waals surface area contributed by atoms with Crippen LogP contribution in [-0.4, -0.2) is 35.1 Å². The number of carbonyl (C=O) groups is 1. The van der Waals surface area contributed by atoms with E-state index in [1.807, 2.05) is 17.9 Å². The molecule has 3 nitrogen and oxygen atoms in total. The highest BCUT2D eigenvalue weighted by molar-refractivity contribution is 5.76. The average Bonchev–Trinajstić information content (AvgIpc) is 2.61. The third kappa shape index (κ3) is 2.29. The average molecular weight is 223 g/mol. The molecule has 0 aromatic carbocycles. The predicted molar refractivity (Wildman–Crippen MR) is 62.8 cm³/mol. The van der Waals surface area contributed by atoms with Crippen LogP contribution in [-0.2, 0) is 4.79 Å². The third-order valence-corrected chi connectivity index (χ3v) is 3.88. The van der Waals surface area contributed by atoms with E-state index in [1.165, 1.54) is 0 Å². The van der Waals surface area contributed by atoms with Crippen molar-refractivity contribution in [1.29, 1.82) is 0 Å². The van der Waals surface area contributed by atoms with Crippen molar-refractivity contribution < 1.29 is 9.90 Å². The van der Waals surface area contributed by atoms with Gasteiger partial charge < -0.3 is 10.0 Å². The van der Waals surface area contributed by atoms with Gasteiger partial charge in [-0.05, 0) is 32.1 Å². The van der Waals surface area contributed by atoms with Crippen LogP contribution >= 0.6 is 0 Å². The van der Waals surface area contributed by atoms with Gasteiger partial charge in [-0.25, -0.2) is 0 Å². The number of rotatable bonds is 4. The second kappa shape index (κ2) is 5.00. The van der Waals surface area contributed by atoms with Gasteiger partial charge in [0.1, 0.15) is 0 Å². The number of carbonyl (C=O) groups excluding carboxylic acids is 1. The number of hydrogen-bond donors (Lipinski definition) is 1. The Hall–Kier alpha value is -0.830. The molecule has 1 N–H and O–H groups in total. The maximum Gasteiger partial charge on any atom is 0.222 e. The fourth-order valence-corrected chi connectivity index (χ4v) is 2.77. The van der Waals surface area contributed by atoms with E-state index in [1.54, 1.807) is 0 Å². The zero-order valence-electron chi connectivity index (χ0n) is 9.93. The Morgan fingerprint density at radius 1 is 1.50 bits per heavy atom. The van der Waals surface area contributed by atoms with Gasteiger partial charge in [-0.2, -0.15) is 0 Å². The summed E-state index contributed by atoms with van der Waals surface area (Å²) < 4.78 is 0. The van der Waals surface area contributed by atoms with Gasteiger partial charge in [0.05, 0.1) is 6.10 Å². The van der Waals surface area contributed by atoms with Gasteiger partial charge in [0.15, 0.2) is 0 Å². The molecule has 0 unspecified atom stereocenters. The van der Waals surface area contributed by atoms with E-state index in [-0.39, 0.29) is 12.0 Å².